The number of hydrogen-bond acceptors (Lipinski definition) is 3. The van der Waals surface area contributed by atoms with E-state index in [4.69, 9.17) is 0 Å². The molecule has 32 valence electrons. The Morgan fingerprint density at radius 2 is 2.67 bits per heavy atom. The molecule has 1 aromatic rings. The maximum Gasteiger partial charge on any atom is 0.215 e. The molecule has 0 aliphatic heterocycles. The summed E-state index contributed by atoms with van der Waals surface area (Å²) in [4.78, 5) is 0. The van der Waals surface area contributed by atoms with Crippen LogP contribution in [-0.2, 0) is 0 Å². The van der Waals surface area contributed by atoms with Crippen LogP contribution in [0.1, 0.15) is 0 Å². The Morgan fingerprint density at radius 3 is 2.83 bits per heavy atom. The third-order valence-corrected chi connectivity index (χ3v) is 0.790. The molecule has 0 N–H and O–H groups in total. The molecule has 0 aliphatic rings. The molecular weight excluding hydrogens is 103 g/mol. The molecule has 1 aromatic heterocycles. The molecule has 2 nitrogen and oxygen atoms in total. The van der Waals surface area contributed by atoms with Crippen molar-refractivity contribution < 1.29 is 4.39 Å². The fraction of sp³-hybridized carbons (Fsp3) is 0. The predicted octanol–water partition coefficient (Wildman–Crippen LogP) is 0.677. The fourth-order valence-corrected chi connectivity index (χ4v) is 0.422. The second-order valence-electron chi connectivity index (χ2n) is 0.722. The topological polar surface area (TPSA) is 25.8 Å². The summed E-state index contributed by atoms with van der Waals surface area (Å²) in [6, 6.07) is 0. The summed E-state index contributed by atoms with van der Waals surface area (Å²) >= 11 is 0.750. The van der Waals surface area contributed by atoms with E-state index >= 15 is 0 Å². The van der Waals surface area contributed by atoms with E-state index in [9.17, 15) is 4.39 Å². The first-order valence-electron chi connectivity index (χ1n) is 1.32. The SMILES string of the molecule is Fc1cnns1. The molecule has 0 radical (unpaired) electrons. The number of halogens is 1. The van der Waals surface area contributed by atoms with Gasteiger partial charge in [-0.15, -0.1) is 5.10 Å². The number of nitrogens with zero attached hydrogens (tertiary/aromatic N) is 2. The van der Waals surface area contributed by atoms with Crippen molar-refractivity contribution in [3.05, 3.63) is 11.3 Å². The van der Waals surface area contributed by atoms with Crippen molar-refractivity contribution in [2.45, 2.75) is 0 Å². The van der Waals surface area contributed by atoms with Gasteiger partial charge < -0.3 is 0 Å². The van der Waals surface area contributed by atoms with Gasteiger partial charge in [0.15, 0.2) is 0 Å². The Morgan fingerprint density at radius 1 is 1.83 bits per heavy atom. The number of hydrogen-bond donors (Lipinski definition) is 0. The van der Waals surface area contributed by atoms with E-state index < -0.39 is 0 Å². The van der Waals surface area contributed by atoms with E-state index in [2.05, 4.69) is 9.59 Å². The minimum atomic E-state index is -0.338. The molecule has 6 heavy (non-hydrogen) atoms. The van der Waals surface area contributed by atoms with E-state index in [0.717, 1.165) is 17.7 Å². The molecule has 0 spiro atoms. The van der Waals surface area contributed by atoms with Crippen molar-refractivity contribution in [3.8, 4) is 0 Å². The highest BCUT2D eigenvalue weighted by atomic mass is 32.1. The van der Waals surface area contributed by atoms with Gasteiger partial charge in [-0.3, -0.25) is 0 Å². The van der Waals surface area contributed by atoms with Crippen LogP contribution in [0.2, 0.25) is 0 Å². The molecule has 1 rings (SSSR count). The Bertz CT molecular complexity index is 115. The maximum atomic E-state index is 11.6. The lowest BCUT2D eigenvalue weighted by Gasteiger charge is -1.54. The smallest absolute Gasteiger partial charge is 0.192 e. The summed E-state index contributed by atoms with van der Waals surface area (Å²) < 4.78 is 14.8. The first-order chi connectivity index (χ1) is 2.89. The third-order valence-electron chi connectivity index (χ3n) is 0.334. The molecule has 4 heteroatoms. The van der Waals surface area contributed by atoms with Crippen LogP contribution in [0.3, 0.4) is 0 Å². The molecule has 0 aromatic carbocycles. The van der Waals surface area contributed by atoms with Crippen LogP contribution < -0.4 is 0 Å². The van der Waals surface area contributed by atoms with Gasteiger partial charge >= 0.3 is 0 Å². The van der Waals surface area contributed by atoms with Gasteiger partial charge in [-0.2, -0.15) is 4.39 Å². The molecule has 0 aliphatic carbocycles. The van der Waals surface area contributed by atoms with Gasteiger partial charge in [0.05, 0.1) is 6.20 Å². The lowest BCUT2D eigenvalue weighted by Crippen LogP contribution is -1.53. The Labute approximate surface area is 37.8 Å². The van der Waals surface area contributed by atoms with Gasteiger partial charge in [0.1, 0.15) is 0 Å². The number of aromatic nitrogens is 2. The summed E-state index contributed by atoms with van der Waals surface area (Å²) in [7, 11) is 0. The second kappa shape index (κ2) is 1.30. The summed E-state index contributed by atoms with van der Waals surface area (Å²) in [5, 5.41) is 2.88. The minimum Gasteiger partial charge on any atom is -0.192 e. The van der Waals surface area contributed by atoms with Crippen molar-refractivity contribution in [3.63, 3.8) is 0 Å². The van der Waals surface area contributed by atoms with Gasteiger partial charge in [-0.1, -0.05) is 4.49 Å². The molecule has 0 atom stereocenters. The van der Waals surface area contributed by atoms with Crippen molar-refractivity contribution in [2.24, 2.45) is 0 Å². The summed E-state index contributed by atoms with van der Waals surface area (Å²) in [6.07, 6.45) is 1.07. The summed E-state index contributed by atoms with van der Waals surface area (Å²) in [5.74, 6) is 0. The predicted molar refractivity (Wildman–Crippen MR) is 19.9 cm³/mol. The lowest BCUT2D eigenvalue weighted by molar-refractivity contribution is 0.653. The van der Waals surface area contributed by atoms with Gasteiger partial charge in [0, 0.05) is 11.5 Å². The first-order valence-corrected chi connectivity index (χ1v) is 2.10. The quantitative estimate of drug-likeness (QED) is 0.483. The van der Waals surface area contributed by atoms with E-state index in [0.29, 0.717) is 0 Å². The average molecular weight is 104 g/mol. The fourth-order valence-electron chi connectivity index (χ4n) is 0.155. The molecular formula is C2HFN2S. The Hall–Kier alpha value is -0.510. The highest BCUT2D eigenvalue weighted by Gasteiger charge is 1.84. The maximum absolute atomic E-state index is 11.6. The minimum absolute atomic E-state index is 0.338. The molecule has 0 saturated carbocycles. The average Bonchev–Trinajstić information content (AvgIpc) is 1.86. The zero-order chi connectivity index (χ0) is 4.41. The zero-order valence-electron chi connectivity index (χ0n) is 2.76. The first kappa shape index (κ1) is 3.67. The molecule has 0 unspecified atom stereocenters. The van der Waals surface area contributed by atoms with Crippen molar-refractivity contribution in [1.29, 1.82) is 0 Å². The van der Waals surface area contributed by atoms with E-state index in [1.54, 1.807) is 0 Å². The van der Waals surface area contributed by atoms with Crippen molar-refractivity contribution >= 4 is 11.5 Å². The van der Waals surface area contributed by atoms with E-state index in [-0.39, 0.29) is 5.13 Å². The highest BCUT2D eigenvalue weighted by molar-refractivity contribution is 7.03. The van der Waals surface area contributed by atoms with Gasteiger partial charge in [-0.05, 0) is 0 Å². The van der Waals surface area contributed by atoms with Crippen LogP contribution in [-0.4, -0.2) is 9.59 Å². The van der Waals surface area contributed by atoms with E-state index in [1.165, 1.54) is 0 Å². The second-order valence-corrected chi connectivity index (χ2v) is 1.46. The molecule has 1 heterocycles. The van der Waals surface area contributed by atoms with Crippen LogP contribution in [0.4, 0.5) is 4.39 Å². The summed E-state index contributed by atoms with van der Waals surface area (Å²) in [6.45, 7) is 0. The van der Waals surface area contributed by atoms with Gasteiger partial charge in [0.25, 0.3) is 0 Å². The van der Waals surface area contributed by atoms with Crippen LogP contribution in [0.25, 0.3) is 0 Å². The monoisotopic (exact) mass is 104 g/mol. The lowest BCUT2D eigenvalue weighted by atomic mass is 11.0. The summed E-state index contributed by atoms with van der Waals surface area (Å²) in [5.41, 5.74) is 0. The standard InChI is InChI=1S/C2HFN2S/c3-2-1-4-5-6-2/h1H. The normalized spacial score (nSPS) is 8.83. The molecule has 0 fully saturated rings. The Balaban J connectivity index is 3.05. The zero-order valence-corrected chi connectivity index (χ0v) is 3.57. The Kier molecular flexibility index (Phi) is 0.795. The van der Waals surface area contributed by atoms with E-state index in [1.807, 2.05) is 0 Å². The van der Waals surface area contributed by atoms with Crippen LogP contribution in [0.15, 0.2) is 6.20 Å². The van der Waals surface area contributed by atoms with Crippen LogP contribution in [0.5, 0.6) is 0 Å². The van der Waals surface area contributed by atoms with Crippen molar-refractivity contribution in [2.75, 3.05) is 0 Å². The van der Waals surface area contributed by atoms with Gasteiger partial charge in [-0.25, -0.2) is 0 Å². The highest BCUT2D eigenvalue weighted by Crippen LogP contribution is 1.94. The van der Waals surface area contributed by atoms with Crippen LogP contribution >= 0.6 is 11.5 Å². The van der Waals surface area contributed by atoms with Gasteiger partial charge in [0.2, 0.25) is 5.13 Å². The third kappa shape index (κ3) is 0.514. The molecule has 0 amide bonds. The largest absolute Gasteiger partial charge is 0.215 e. The van der Waals surface area contributed by atoms with Crippen molar-refractivity contribution in [1.82, 2.24) is 9.59 Å². The number of rotatable bonds is 0. The molecule has 0 saturated heterocycles. The van der Waals surface area contributed by atoms with Crippen LogP contribution in [0, 0.1) is 5.13 Å². The molecule has 0 bridgehead atoms.